The third kappa shape index (κ3) is 5.92. The second kappa shape index (κ2) is 2.99. The molecule has 0 amide bonds. The second-order valence-corrected chi connectivity index (χ2v) is 1.72. The van der Waals surface area contributed by atoms with Crippen molar-refractivity contribution in [3.05, 3.63) is 6.92 Å². The van der Waals surface area contributed by atoms with Crippen molar-refractivity contribution in [2.24, 2.45) is 5.73 Å². The van der Waals surface area contributed by atoms with Crippen LogP contribution in [0.25, 0.3) is 0 Å². The molecule has 0 fully saturated rings. The Morgan fingerprint density at radius 1 is 1.57 bits per heavy atom. The number of hydrogen-bond donors (Lipinski definition) is 1. The highest BCUT2D eigenvalue weighted by Gasteiger charge is 1.94. The minimum Gasteiger partial charge on any atom is -0.361 e. The summed E-state index contributed by atoms with van der Waals surface area (Å²) in [6, 6.07) is 0. The number of rotatable bonds is 2. The molecule has 2 nitrogen and oxygen atoms in total. The van der Waals surface area contributed by atoms with E-state index in [1.807, 2.05) is 13.8 Å². The molecule has 2 heteroatoms. The average Bonchev–Trinajstić information content (AvgIpc) is 1.27. The number of nitrogens with two attached hydrogens (primary N) is 1. The van der Waals surface area contributed by atoms with Gasteiger partial charge in [-0.05, 0) is 20.8 Å². The Hall–Kier alpha value is -0.0800. The summed E-state index contributed by atoms with van der Waals surface area (Å²) < 4.78 is 4.92. The molecular weight excluding hydrogens is 90.1 g/mol. The molecule has 1 atom stereocenters. The van der Waals surface area contributed by atoms with Gasteiger partial charge in [-0.1, -0.05) is 0 Å². The molecule has 0 aromatic rings. The summed E-state index contributed by atoms with van der Waals surface area (Å²) >= 11 is 0. The summed E-state index contributed by atoms with van der Waals surface area (Å²) in [6.07, 6.45) is -0.188. The van der Waals surface area contributed by atoms with Crippen LogP contribution in [0.3, 0.4) is 0 Å². The van der Waals surface area contributed by atoms with Crippen molar-refractivity contribution >= 4 is 0 Å². The van der Waals surface area contributed by atoms with Gasteiger partial charge in [-0.15, -0.1) is 0 Å². The zero-order valence-corrected chi connectivity index (χ0v) is 4.85. The highest BCUT2D eigenvalue weighted by atomic mass is 16.5. The minimum absolute atomic E-state index is 0.187. The summed E-state index contributed by atoms with van der Waals surface area (Å²) in [5, 5.41) is 0. The third-order valence-corrected chi connectivity index (χ3v) is 0.447. The van der Waals surface area contributed by atoms with E-state index in [4.69, 9.17) is 10.5 Å². The topological polar surface area (TPSA) is 35.2 Å². The van der Waals surface area contributed by atoms with Gasteiger partial charge in [-0.2, -0.15) is 0 Å². The molecule has 0 aliphatic rings. The van der Waals surface area contributed by atoms with E-state index in [1.165, 1.54) is 0 Å². The Morgan fingerprint density at radius 3 is 2.00 bits per heavy atom. The predicted molar refractivity (Wildman–Crippen MR) is 29.6 cm³/mol. The molecule has 1 radical (unpaired) electrons. The molecule has 0 saturated heterocycles. The zero-order chi connectivity index (χ0) is 5.86. The maximum absolute atomic E-state index is 5.16. The van der Waals surface area contributed by atoms with Gasteiger partial charge in [-0.25, -0.2) is 0 Å². The first-order chi connectivity index (χ1) is 3.13. The Bertz CT molecular complexity index is 37.3. The molecule has 2 N–H and O–H groups in total. The molecule has 0 saturated carbocycles. The SMILES string of the molecule is [CH2]C(N)OC(C)C. The van der Waals surface area contributed by atoms with Gasteiger partial charge in [0.15, 0.2) is 0 Å². The first kappa shape index (κ1) is 6.92. The van der Waals surface area contributed by atoms with Crippen molar-refractivity contribution in [3.8, 4) is 0 Å². The molecule has 0 aliphatic heterocycles. The molecule has 0 spiro atoms. The van der Waals surface area contributed by atoms with Gasteiger partial charge in [0.1, 0.15) is 6.23 Å². The predicted octanol–water partition coefficient (Wildman–Crippen LogP) is 0.530. The number of ether oxygens (including phenoxy) is 1. The maximum atomic E-state index is 5.16. The average molecular weight is 102 g/mol. The van der Waals surface area contributed by atoms with Gasteiger partial charge in [0.2, 0.25) is 0 Å². The maximum Gasteiger partial charge on any atom is 0.106 e. The van der Waals surface area contributed by atoms with Crippen LogP contribution < -0.4 is 5.73 Å². The van der Waals surface area contributed by atoms with Crippen molar-refractivity contribution in [3.63, 3.8) is 0 Å². The van der Waals surface area contributed by atoms with Crippen LogP contribution in [-0.2, 0) is 4.74 Å². The van der Waals surface area contributed by atoms with Crippen LogP contribution in [0.5, 0.6) is 0 Å². The lowest BCUT2D eigenvalue weighted by Crippen LogP contribution is -2.23. The van der Waals surface area contributed by atoms with Crippen molar-refractivity contribution < 1.29 is 4.74 Å². The van der Waals surface area contributed by atoms with Gasteiger partial charge in [0.05, 0.1) is 6.10 Å². The molecule has 0 bridgehead atoms. The monoisotopic (exact) mass is 102 g/mol. The van der Waals surface area contributed by atoms with E-state index in [2.05, 4.69) is 6.92 Å². The Labute approximate surface area is 44.7 Å². The lowest BCUT2D eigenvalue weighted by atomic mass is 10.5. The van der Waals surface area contributed by atoms with E-state index < -0.39 is 0 Å². The molecule has 0 rings (SSSR count). The van der Waals surface area contributed by atoms with E-state index >= 15 is 0 Å². The highest BCUT2D eigenvalue weighted by molar-refractivity contribution is 4.48. The molecule has 7 heavy (non-hydrogen) atoms. The van der Waals surface area contributed by atoms with Crippen molar-refractivity contribution in [2.75, 3.05) is 0 Å². The van der Waals surface area contributed by atoms with Crippen LogP contribution in [0, 0.1) is 6.92 Å². The van der Waals surface area contributed by atoms with E-state index in [9.17, 15) is 0 Å². The van der Waals surface area contributed by atoms with E-state index in [1.54, 1.807) is 0 Å². The van der Waals surface area contributed by atoms with Crippen molar-refractivity contribution in [2.45, 2.75) is 26.2 Å². The Morgan fingerprint density at radius 2 is 2.00 bits per heavy atom. The largest absolute Gasteiger partial charge is 0.361 e. The summed E-state index contributed by atoms with van der Waals surface area (Å²) in [6.45, 7) is 7.28. The smallest absolute Gasteiger partial charge is 0.106 e. The molecule has 0 aliphatic carbocycles. The van der Waals surface area contributed by atoms with Gasteiger partial charge in [0.25, 0.3) is 0 Å². The summed E-state index contributed by atoms with van der Waals surface area (Å²) in [5.41, 5.74) is 5.16. The minimum atomic E-state index is -0.375. The molecule has 0 aromatic heterocycles. The van der Waals surface area contributed by atoms with E-state index in [-0.39, 0.29) is 12.3 Å². The quantitative estimate of drug-likeness (QED) is 0.516. The van der Waals surface area contributed by atoms with Gasteiger partial charge in [0, 0.05) is 0 Å². The fraction of sp³-hybridized carbons (Fsp3) is 0.800. The van der Waals surface area contributed by atoms with E-state index in [0.29, 0.717) is 0 Å². The van der Waals surface area contributed by atoms with E-state index in [0.717, 1.165) is 0 Å². The fourth-order valence-electron chi connectivity index (χ4n) is 0.350. The normalized spacial score (nSPS) is 15.0. The summed E-state index contributed by atoms with van der Waals surface area (Å²) in [4.78, 5) is 0. The van der Waals surface area contributed by atoms with Crippen LogP contribution in [0.15, 0.2) is 0 Å². The van der Waals surface area contributed by atoms with Crippen LogP contribution in [0.4, 0.5) is 0 Å². The summed E-state index contributed by atoms with van der Waals surface area (Å²) in [5.74, 6) is 0. The molecule has 0 aromatic carbocycles. The number of hydrogen-bond acceptors (Lipinski definition) is 2. The van der Waals surface area contributed by atoms with Crippen LogP contribution >= 0.6 is 0 Å². The van der Waals surface area contributed by atoms with Gasteiger partial charge < -0.3 is 10.5 Å². The summed E-state index contributed by atoms with van der Waals surface area (Å²) in [7, 11) is 0. The Balaban J connectivity index is 2.95. The first-order valence-electron chi connectivity index (χ1n) is 2.37. The molecule has 0 heterocycles. The van der Waals surface area contributed by atoms with Crippen LogP contribution in [-0.4, -0.2) is 12.3 Å². The first-order valence-corrected chi connectivity index (χ1v) is 2.37. The Kier molecular flexibility index (Phi) is 2.96. The lowest BCUT2D eigenvalue weighted by Gasteiger charge is -2.09. The van der Waals surface area contributed by atoms with Crippen molar-refractivity contribution in [1.82, 2.24) is 0 Å². The molecule has 1 unspecified atom stereocenters. The van der Waals surface area contributed by atoms with Crippen LogP contribution in [0.2, 0.25) is 0 Å². The standard InChI is InChI=1S/C5H12NO/c1-4(2)7-5(3)6/h4-5H,3,6H2,1-2H3. The fourth-order valence-corrected chi connectivity index (χ4v) is 0.350. The van der Waals surface area contributed by atoms with Gasteiger partial charge >= 0.3 is 0 Å². The third-order valence-electron chi connectivity index (χ3n) is 0.447. The zero-order valence-electron chi connectivity index (χ0n) is 4.85. The molecular formula is C5H12NO. The van der Waals surface area contributed by atoms with Crippen molar-refractivity contribution in [1.29, 1.82) is 0 Å². The highest BCUT2D eigenvalue weighted by Crippen LogP contribution is 1.88. The second-order valence-electron chi connectivity index (χ2n) is 1.72. The lowest BCUT2D eigenvalue weighted by molar-refractivity contribution is 0.0378. The molecule has 43 valence electrons. The van der Waals surface area contributed by atoms with Crippen LogP contribution in [0.1, 0.15) is 13.8 Å². The van der Waals surface area contributed by atoms with Gasteiger partial charge in [-0.3, -0.25) is 0 Å².